The van der Waals surface area contributed by atoms with E-state index >= 15 is 0 Å². The fourth-order valence-electron chi connectivity index (χ4n) is 7.10. The summed E-state index contributed by atoms with van der Waals surface area (Å²) in [5, 5.41) is 9.12. The van der Waals surface area contributed by atoms with Gasteiger partial charge < -0.3 is 24.9 Å². The van der Waals surface area contributed by atoms with E-state index in [1.165, 1.54) is 63.7 Å². The number of fused-ring (bicyclic) bond motifs is 1. The number of anilines is 2. The Balaban J connectivity index is 0. The van der Waals surface area contributed by atoms with Crippen LogP contribution in [0.3, 0.4) is 0 Å². The maximum absolute atomic E-state index is 13.4. The summed E-state index contributed by atoms with van der Waals surface area (Å²) in [7, 11) is -1.08. The van der Waals surface area contributed by atoms with Gasteiger partial charge in [0.05, 0.1) is 31.4 Å². The van der Waals surface area contributed by atoms with Gasteiger partial charge >= 0.3 is 0 Å². The summed E-state index contributed by atoms with van der Waals surface area (Å²) < 4.78 is 30.3. The molecule has 2 aliphatic heterocycles. The number of carbonyl (C=O) groups excluding carboxylic acids is 5. The largest absolute Gasteiger partial charge is 0.493 e. The maximum Gasteiger partial charge on any atom is 0.262 e. The molecule has 14 heteroatoms. The first-order valence-corrected chi connectivity index (χ1v) is 24.7. The predicted octanol–water partition coefficient (Wildman–Crippen LogP) is 9.99. The van der Waals surface area contributed by atoms with Crippen LogP contribution in [-0.2, 0) is 37.2 Å². The second kappa shape index (κ2) is 28.4. The van der Waals surface area contributed by atoms with Crippen LogP contribution in [-0.4, -0.2) is 81.5 Å². The van der Waals surface area contributed by atoms with E-state index in [4.69, 9.17) is 9.47 Å². The average Bonchev–Trinajstić information content (AvgIpc) is 3.45. The molecule has 0 aromatic heterocycles. The highest BCUT2D eigenvalue weighted by Crippen LogP contribution is 2.32. The molecule has 3 N–H and O–H groups in total. The van der Waals surface area contributed by atoms with Gasteiger partial charge in [0.25, 0.3) is 11.8 Å². The molecule has 1 saturated heterocycles. The van der Waals surface area contributed by atoms with E-state index < -0.39 is 9.84 Å². The van der Waals surface area contributed by atoms with Crippen LogP contribution in [0.25, 0.3) is 0 Å². The average molecular weight is 899 g/mol. The van der Waals surface area contributed by atoms with E-state index in [1.54, 1.807) is 13.2 Å². The molecule has 0 radical (unpaired) electrons. The van der Waals surface area contributed by atoms with Gasteiger partial charge in [0.2, 0.25) is 11.8 Å². The molecule has 0 bridgehead atoms. The number of methoxy groups -OCH3 is 1. The molecule has 2 aliphatic rings. The van der Waals surface area contributed by atoms with E-state index in [1.807, 2.05) is 70.2 Å². The Kier molecular flexibility index (Phi) is 24.3. The number of piperidine rings is 1. The minimum atomic E-state index is -2.67. The summed E-state index contributed by atoms with van der Waals surface area (Å²) in [5.74, 6) is 0.445. The van der Waals surface area contributed by atoms with Crippen LogP contribution in [0.5, 0.6) is 11.5 Å². The highest BCUT2D eigenvalue weighted by molar-refractivity contribution is 7.89. The van der Waals surface area contributed by atoms with Gasteiger partial charge in [-0.3, -0.25) is 29.4 Å². The van der Waals surface area contributed by atoms with Gasteiger partial charge in [-0.15, -0.1) is 0 Å². The first-order chi connectivity index (χ1) is 30.0. The van der Waals surface area contributed by atoms with Crippen molar-refractivity contribution in [1.29, 1.82) is 0 Å². The van der Waals surface area contributed by atoms with E-state index in [2.05, 4.69) is 22.0 Å². The van der Waals surface area contributed by atoms with Crippen LogP contribution in [0, 0.1) is 6.92 Å². The van der Waals surface area contributed by atoms with Crippen molar-refractivity contribution < 1.29 is 46.1 Å². The van der Waals surface area contributed by atoms with Gasteiger partial charge in [-0.1, -0.05) is 83.4 Å². The van der Waals surface area contributed by atoms with Crippen LogP contribution >= 0.6 is 0 Å². The SMILES string of the molecule is CC.CC(C)=O.CCOc1cc(CN2C(=O)c3cc(CCCCCCCCCCCCNc4cccc(NC5CCC(=O)NC5=O)c4)cc(C)c3C2=O)ccc1OC.CS(C)(=O)=O.[HH].[HH].[HH]. The summed E-state index contributed by atoms with van der Waals surface area (Å²) in [6.07, 6.45) is 16.1. The number of sulfone groups is 1. The first kappa shape index (κ1) is 53.9. The second-order valence-electron chi connectivity index (χ2n) is 15.9. The number of amides is 4. The van der Waals surface area contributed by atoms with E-state index in [-0.39, 0.29) is 46.3 Å². The van der Waals surface area contributed by atoms with Crippen molar-refractivity contribution in [2.75, 3.05) is 43.4 Å². The van der Waals surface area contributed by atoms with Gasteiger partial charge in [-0.2, -0.15) is 0 Å². The lowest BCUT2D eigenvalue weighted by molar-refractivity contribution is -0.133. The Bertz CT molecular complexity index is 2070. The summed E-state index contributed by atoms with van der Waals surface area (Å²) in [5.41, 5.74) is 5.73. The zero-order valence-electron chi connectivity index (χ0n) is 39.1. The molecule has 2 heterocycles. The molecule has 63 heavy (non-hydrogen) atoms. The Hall–Kier alpha value is -5.24. The van der Waals surface area contributed by atoms with E-state index in [0.29, 0.717) is 42.1 Å². The second-order valence-corrected chi connectivity index (χ2v) is 18.2. The number of ketones is 1. The monoisotopic (exact) mass is 899 g/mol. The number of Topliss-reactive ketones (excluding diaryl/α,β-unsaturated/α-hetero) is 1. The predicted molar refractivity (Wildman–Crippen MR) is 259 cm³/mol. The number of rotatable bonds is 21. The van der Waals surface area contributed by atoms with Crippen LogP contribution in [0.15, 0.2) is 54.6 Å². The molecule has 1 unspecified atom stereocenters. The number of nitrogens with one attached hydrogen (secondary N) is 3. The van der Waals surface area contributed by atoms with Crippen LogP contribution < -0.4 is 25.4 Å². The molecule has 0 saturated carbocycles. The third-order valence-electron chi connectivity index (χ3n) is 9.86. The molecule has 354 valence electrons. The van der Waals surface area contributed by atoms with Crippen molar-refractivity contribution in [1.82, 2.24) is 10.2 Å². The molecule has 0 spiro atoms. The lowest BCUT2D eigenvalue weighted by atomic mass is 9.96. The maximum atomic E-state index is 13.4. The molecule has 3 aromatic carbocycles. The zero-order valence-corrected chi connectivity index (χ0v) is 39.9. The molecule has 13 nitrogen and oxygen atoms in total. The number of imide groups is 2. The van der Waals surface area contributed by atoms with Crippen molar-refractivity contribution >= 4 is 50.6 Å². The first-order valence-electron chi connectivity index (χ1n) is 22.4. The summed E-state index contributed by atoms with van der Waals surface area (Å²) >= 11 is 0. The summed E-state index contributed by atoms with van der Waals surface area (Å²) in [6, 6.07) is 17.1. The number of ether oxygens (including phenoxy) is 2. The Labute approximate surface area is 380 Å². The van der Waals surface area contributed by atoms with E-state index in [9.17, 15) is 32.4 Å². The van der Waals surface area contributed by atoms with Crippen LogP contribution in [0.1, 0.15) is 153 Å². The van der Waals surface area contributed by atoms with Gasteiger partial charge in [0.1, 0.15) is 21.7 Å². The third-order valence-corrected chi connectivity index (χ3v) is 9.86. The Morgan fingerprint density at radius 1 is 0.810 bits per heavy atom. The third kappa shape index (κ3) is 20.2. The van der Waals surface area contributed by atoms with Gasteiger partial charge in [0.15, 0.2) is 11.5 Å². The fourth-order valence-corrected chi connectivity index (χ4v) is 7.10. The quantitative estimate of drug-likeness (QED) is 0.0685. The standard InChI is InChI=1S/C42H54N4O6.C3H6O.C2H6O2S.C2H6.3H2/c1-4-52-37-26-31(19-21-36(37)51-3)28-46-41(49)34-25-30(24-29(2)39(34)42(46)50)16-13-11-9-7-5-6-8-10-12-14-23-43-32-17-15-18-33(27-32)44-35-20-22-38(47)45-40(35)48;1-3(2)4;1-5(2,3)4;1-2;;;/h15,17-19,21,24-27,35,43-44H,4-14,16,20,22-23,28H2,1-3H3,(H,45,47,48);1-2H3;1-2H3;1-2H3;3*1H. The molecule has 4 amide bonds. The van der Waals surface area contributed by atoms with Crippen LogP contribution in [0.4, 0.5) is 11.4 Å². The topological polar surface area (TPSA) is 177 Å². The smallest absolute Gasteiger partial charge is 0.262 e. The molecular weight excluding hydrogens is 821 g/mol. The lowest BCUT2D eigenvalue weighted by Gasteiger charge is -2.23. The number of hydrogen-bond donors (Lipinski definition) is 3. The van der Waals surface area contributed by atoms with Crippen molar-refractivity contribution in [3.63, 3.8) is 0 Å². The van der Waals surface area contributed by atoms with Crippen molar-refractivity contribution in [3.05, 3.63) is 82.4 Å². The minimum Gasteiger partial charge on any atom is -0.493 e. The van der Waals surface area contributed by atoms with Crippen molar-refractivity contribution in [2.24, 2.45) is 0 Å². The van der Waals surface area contributed by atoms with Crippen molar-refractivity contribution in [2.45, 2.75) is 138 Å². The minimum absolute atomic E-state index is 0. The Morgan fingerprint density at radius 2 is 1.40 bits per heavy atom. The lowest BCUT2D eigenvalue weighted by Crippen LogP contribution is -2.47. The number of carbonyl (C=O) groups is 5. The summed E-state index contributed by atoms with van der Waals surface area (Å²) in [4.78, 5) is 60.9. The van der Waals surface area contributed by atoms with E-state index in [0.717, 1.165) is 72.8 Å². The van der Waals surface area contributed by atoms with Gasteiger partial charge in [-0.25, -0.2) is 8.42 Å². The molecule has 1 fully saturated rings. The van der Waals surface area contributed by atoms with Crippen LogP contribution in [0.2, 0.25) is 0 Å². The molecular formula is C49H78N4O9S. The normalized spacial score (nSPS) is 14.2. The molecule has 3 aromatic rings. The molecule has 0 aliphatic carbocycles. The Morgan fingerprint density at radius 3 is 1.98 bits per heavy atom. The number of hydrogen-bond acceptors (Lipinski definition) is 11. The number of nitrogens with zero attached hydrogens (tertiary/aromatic N) is 1. The van der Waals surface area contributed by atoms with Crippen molar-refractivity contribution in [3.8, 4) is 11.5 Å². The zero-order chi connectivity index (χ0) is 47.0. The van der Waals surface area contributed by atoms with Gasteiger partial charge in [0, 0.05) is 41.1 Å². The number of benzene rings is 3. The highest BCUT2D eigenvalue weighted by Gasteiger charge is 2.37. The van der Waals surface area contributed by atoms with Gasteiger partial charge in [-0.05, 0) is 106 Å². The number of unbranched alkanes of at least 4 members (excludes halogenated alkanes) is 9. The molecule has 1 atom stereocenters. The fraction of sp³-hybridized carbons (Fsp3) is 0.531. The molecule has 5 rings (SSSR count). The summed E-state index contributed by atoms with van der Waals surface area (Å²) in [6.45, 7) is 12.5. The highest BCUT2D eigenvalue weighted by atomic mass is 32.2. The number of aryl methyl sites for hydroxylation is 2.